The average Bonchev–Trinajstić information content (AvgIpc) is 2.45. The lowest BCUT2D eigenvalue weighted by Gasteiger charge is -2.13. The molecule has 0 atom stereocenters. The van der Waals surface area contributed by atoms with Gasteiger partial charge in [-0.15, -0.1) is 0 Å². The van der Waals surface area contributed by atoms with Gasteiger partial charge in [0.15, 0.2) is 13.1 Å². The van der Waals surface area contributed by atoms with Crippen LogP contribution in [0.1, 0.15) is 21.5 Å². The number of aldehydes is 1. The van der Waals surface area contributed by atoms with Gasteiger partial charge in [0.25, 0.3) is 0 Å². The molecule has 0 fully saturated rings. The minimum Gasteiger partial charge on any atom is -0.467 e. The smallest absolute Gasteiger partial charge is 0.188 e. The Morgan fingerprint density at radius 3 is 2.57 bits per heavy atom. The van der Waals surface area contributed by atoms with Crippen molar-refractivity contribution in [3.63, 3.8) is 0 Å². The summed E-state index contributed by atoms with van der Waals surface area (Å²) in [6.07, 6.45) is 0.775. The lowest BCUT2D eigenvalue weighted by Crippen LogP contribution is -2.03. The van der Waals surface area contributed by atoms with Crippen LogP contribution in [0.5, 0.6) is 17.2 Å². The summed E-state index contributed by atoms with van der Waals surface area (Å²) in [6, 6.07) is 11.3. The molecule has 2 aromatic carbocycles. The molecule has 0 heterocycles. The van der Waals surface area contributed by atoms with Gasteiger partial charge in [-0.3, -0.25) is 4.79 Å². The highest BCUT2D eigenvalue weighted by atomic mass is 16.7. The molecule has 0 saturated carbocycles. The van der Waals surface area contributed by atoms with Crippen molar-refractivity contribution in [3.05, 3.63) is 53.1 Å². The molecule has 2 rings (SSSR count). The van der Waals surface area contributed by atoms with Crippen LogP contribution in [0.3, 0.4) is 0 Å². The second kappa shape index (κ2) is 6.90. The molecule has 0 aromatic heterocycles. The zero-order valence-electron chi connectivity index (χ0n) is 12.4. The third kappa shape index (κ3) is 3.83. The summed E-state index contributed by atoms with van der Waals surface area (Å²) < 4.78 is 16.1. The highest BCUT2D eigenvalue weighted by Gasteiger charge is 2.10. The van der Waals surface area contributed by atoms with E-state index in [0.717, 1.165) is 23.2 Å². The Kier molecular flexibility index (Phi) is 4.95. The highest BCUT2D eigenvalue weighted by Crippen LogP contribution is 2.30. The normalized spacial score (nSPS) is 10.2. The van der Waals surface area contributed by atoms with Crippen molar-refractivity contribution < 1.29 is 19.0 Å². The molecule has 110 valence electrons. The summed E-state index contributed by atoms with van der Waals surface area (Å²) in [7, 11) is 1.53. The molecule has 0 saturated heterocycles. The minimum absolute atomic E-state index is 0.0776. The van der Waals surface area contributed by atoms with Gasteiger partial charge in [0, 0.05) is 13.2 Å². The van der Waals surface area contributed by atoms with E-state index in [9.17, 15) is 4.79 Å². The first-order valence-corrected chi connectivity index (χ1v) is 6.60. The van der Waals surface area contributed by atoms with E-state index >= 15 is 0 Å². The van der Waals surface area contributed by atoms with E-state index in [-0.39, 0.29) is 6.79 Å². The summed E-state index contributed by atoms with van der Waals surface area (Å²) in [5.74, 6) is 1.82. The number of ether oxygens (including phenoxy) is 3. The van der Waals surface area contributed by atoms with Crippen LogP contribution in [-0.4, -0.2) is 20.2 Å². The lowest BCUT2D eigenvalue weighted by atomic mass is 10.1. The van der Waals surface area contributed by atoms with Crippen LogP contribution in [0, 0.1) is 13.8 Å². The van der Waals surface area contributed by atoms with Crippen molar-refractivity contribution in [2.75, 3.05) is 13.9 Å². The standard InChI is InChI=1S/C17H18O4/c1-12-5-4-6-14(7-12)21-15-8-13(2)16(10-18)17(9-15)20-11-19-3/h4-10H,11H2,1-3H3. The molecule has 0 aliphatic rings. The van der Waals surface area contributed by atoms with E-state index in [1.54, 1.807) is 6.07 Å². The molecule has 0 spiro atoms. The fourth-order valence-electron chi connectivity index (χ4n) is 2.00. The molecular weight excluding hydrogens is 268 g/mol. The summed E-state index contributed by atoms with van der Waals surface area (Å²) >= 11 is 0. The molecule has 0 amide bonds. The summed E-state index contributed by atoms with van der Waals surface area (Å²) in [5.41, 5.74) is 2.41. The van der Waals surface area contributed by atoms with Crippen molar-refractivity contribution >= 4 is 6.29 Å². The molecule has 0 N–H and O–H groups in total. The zero-order chi connectivity index (χ0) is 15.2. The van der Waals surface area contributed by atoms with Crippen LogP contribution >= 0.6 is 0 Å². The van der Waals surface area contributed by atoms with Gasteiger partial charge in [-0.1, -0.05) is 12.1 Å². The number of hydrogen-bond donors (Lipinski definition) is 0. The predicted molar refractivity (Wildman–Crippen MR) is 80.3 cm³/mol. The number of aryl methyl sites for hydroxylation is 2. The van der Waals surface area contributed by atoms with Crippen molar-refractivity contribution in [2.24, 2.45) is 0 Å². The second-order valence-electron chi connectivity index (χ2n) is 4.74. The molecule has 0 bridgehead atoms. The quantitative estimate of drug-likeness (QED) is 0.597. The molecule has 21 heavy (non-hydrogen) atoms. The Labute approximate surface area is 124 Å². The number of rotatable bonds is 6. The maximum Gasteiger partial charge on any atom is 0.188 e. The Balaban J connectivity index is 2.31. The Morgan fingerprint density at radius 2 is 1.90 bits per heavy atom. The van der Waals surface area contributed by atoms with E-state index < -0.39 is 0 Å². The maximum absolute atomic E-state index is 11.2. The third-order valence-corrected chi connectivity index (χ3v) is 3.00. The van der Waals surface area contributed by atoms with Gasteiger partial charge in [0.05, 0.1) is 5.56 Å². The van der Waals surface area contributed by atoms with Crippen LogP contribution < -0.4 is 9.47 Å². The van der Waals surface area contributed by atoms with E-state index in [2.05, 4.69) is 0 Å². The number of hydrogen-bond acceptors (Lipinski definition) is 4. The highest BCUT2D eigenvalue weighted by molar-refractivity contribution is 5.82. The van der Waals surface area contributed by atoms with Crippen LogP contribution in [0.25, 0.3) is 0 Å². The fourth-order valence-corrected chi connectivity index (χ4v) is 2.00. The predicted octanol–water partition coefficient (Wildman–Crippen LogP) is 3.89. The van der Waals surface area contributed by atoms with Gasteiger partial charge in [0.2, 0.25) is 0 Å². The molecule has 4 heteroatoms. The topological polar surface area (TPSA) is 44.8 Å². The van der Waals surface area contributed by atoms with Gasteiger partial charge in [-0.05, 0) is 43.2 Å². The monoisotopic (exact) mass is 286 g/mol. The summed E-state index contributed by atoms with van der Waals surface area (Å²) in [6.45, 7) is 3.92. The molecule has 0 aliphatic heterocycles. The van der Waals surface area contributed by atoms with Gasteiger partial charge in [-0.25, -0.2) is 0 Å². The van der Waals surface area contributed by atoms with E-state index in [4.69, 9.17) is 14.2 Å². The molecule has 0 aliphatic carbocycles. The number of methoxy groups -OCH3 is 1. The van der Waals surface area contributed by atoms with Crippen molar-refractivity contribution in [1.29, 1.82) is 0 Å². The first-order chi connectivity index (χ1) is 10.1. The van der Waals surface area contributed by atoms with Gasteiger partial charge < -0.3 is 14.2 Å². The summed E-state index contributed by atoms with van der Waals surface area (Å²) in [4.78, 5) is 11.2. The molecule has 0 radical (unpaired) electrons. The zero-order valence-corrected chi connectivity index (χ0v) is 12.4. The van der Waals surface area contributed by atoms with Crippen molar-refractivity contribution in [3.8, 4) is 17.2 Å². The van der Waals surface area contributed by atoms with Gasteiger partial charge in [-0.2, -0.15) is 0 Å². The summed E-state index contributed by atoms with van der Waals surface area (Å²) in [5, 5.41) is 0. The van der Waals surface area contributed by atoms with Crippen molar-refractivity contribution in [2.45, 2.75) is 13.8 Å². The number of carbonyl (C=O) groups is 1. The minimum atomic E-state index is 0.0776. The first kappa shape index (κ1) is 15.1. The second-order valence-corrected chi connectivity index (χ2v) is 4.74. The lowest BCUT2D eigenvalue weighted by molar-refractivity contribution is 0.0504. The first-order valence-electron chi connectivity index (χ1n) is 6.60. The Morgan fingerprint density at radius 1 is 1.10 bits per heavy atom. The SMILES string of the molecule is COCOc1cc(Oc2cccc(C)c2)cc(C)c1C=O. The molecular formula is C17H18O4. The molecule has 0 unspecified atom stereocenters. The number of benzene rings is 2. The van der Waals surface area contributed by atoms with Crippen LogP contribution in [-0.2, 0) is 4.74 Å². The van der Waals surface area contributed by atoms with Gasteiger partial charge in [0.1, 0.15) is 17.2 Å². The van der Waals surface area contributed by atoms with Crippen LogP contribution in [0.2, 0.25) is 0 Å². The third-order valence-electron chi connectivity index (χ3n) is 3.00. The van der Waals surface area contributed by atoms with Crippen molar-refractivity contribution in [1.82, 2.24) is 0 Å². The van der Waals surface area contributed by atoms with Crippen LogP contribution in [0.4, 0.5) is 0 Å². The Bertz CT molecular complexity index is 635. The maximum atomic E-state index is 11.2. The molecule has 4 nitrogen and oxygen atoms in total. The van der Waals surface area contributed by atoms with Gasteiger partial charge >= 0.3 is 0 Å². The van der Waals surface area contributed by atoms with Crippen LogP contribution in [0.15, 0.2) is 36.4 Å². The molecule has 2 aromatic rings. The fraction of sp³-hybridized carbons (Fsp3) is 0.235. The van der Waals surface area contributed by atoms with E-state index in [1.165, 1.54) is 7.11 Å². The Hall–Kier alpha value is -2.33. The largest absolute Gasteiger partial charge is 0.467 e. The number of carbonyl (C=O) groups excluding carboxylic acids is 1. The average molecular weight is 286 g/mol. The van der Waals surface area contributed by atoms with E-state index in [0.29, 0.717) is 17.1 Å². The van der Waals surface area contributed by atoms with E-state index in [1.807, 2.05) is 44.2 Å².